The van der Waals surface area contributed by atoms with Gasteiger partial charge in [0.05, 0.1) is 0 Å². The summed E-state index contributed by atoms with van der Waals surface area (Å²) in [6, 6.07) is 27.3. The van der Waals surface area contributed by atoms with Crippen LogP contribution in [0.4, 0.5) is 0 Å². The summed E-state index contributed by atoms with van der Waals surface area (Å²) in [4.78, 5) is 26.0. The van der Waals surface area contributed by atoms with Crippen LogP contribution in [0.5, 0.6) is 0 Å². The van der Waals surface area contributed by atoms with E-state index in [4.69, 9.17) is 17.7 Å². The van der Waals surface area contributed by atoms with Gasteiger partial charge in [0.1, 0.15) is 33.8 Å². The van der Waals surface area contributed by atoms with Crippen molar-refractivity contribution in [3.63, 3.8) is 0 Å². The van der Waals surface area contributed by atoms with E-state index in [0.717, 1.165) is 58.0 Å². The average molecular weight is 581 g/mol. The fraction of sp³-hybridized carbons (Fsp3) is 0.158. The van der Waals surface area contributed by atoms with Crippen molar-refractivity contribution in [1.82, 2.24) is 0 Å². The van der Waals surface area contributed by atoms with Gasteiger partial charge in [-0.3, -0.25) is 0 Å². The highest BCUT2D eigenvalue weighted by Gasteiger charge is 2.20. The van der Waals surface area contributed by atoms with Crippen LogP contribution in [0.2, 0.25) is 0 Å². The van der Waals surface area contributed by atoms with E-state index in [9.17, 15) is 9.59 Å². The maximum atomic E-state index is 13.0. The zero-order valence-corrected chi connectivity index (χ0v) is 24.4. The van der Waals surface area contributed by atoms with Gasteiger partial charge in [-0.1, -0.05) is 75.2 Å². The molecule has 0 aliphatic rings. The van der Waals surface area contributed by atoms with E-state index in [2.05, 4.69) is 50.2 Å². The minimum atomic E-state index is -0.500. The molecule has 44 heavy (non-hydrogen) atoms. The van der Waals surface area contributed by atoms with E-state index < -0.39 is 11.3 Å². The highest BCUT2D eigenvalue weighted by Crippen LogP contribution is 2.36. The summed E-state index contributed by atoms with van der Waals surface area (Å²) in [6.45, 7) is 4.32. The molecule has 4 aromatic carbocycles. The molecule has 0 N–H and O–H groups in total. The van der Waals surface area contributed by atoms with Crippen LogP contribution in [0, 0.1) is 0 Å². The second-order valence-electron chi connectivity index (χ2n) is 11.4. The Bertz CT molecular complexity index is 2320. The summed E-state index contributed by atoms with van der Waals surface area (Å²) < 4.78 is 23.6. The first kappa shape index (κ1) is 26.3. The van der Waals surface area contributed by atoms with Gasteiger partial charge in [0.15, 0.2) is 11.2 Å². The molecule has 0 saturated carbocycles. The molecule has 6 nitrogen and oxygen atoms in total. The largest absolute Gasteiger partial charge is 0.452 e. The van der Waals surface area contributed by atoms with Crippen LogP contribution in [0.25, 0.3) is 77.3 Å². The van der Waals surface area contributed by atoms with E-state index in [0.29, 0.717) is 45.0 Å². The quantitative estimate of drug-likeness (QED) is 0.144. The van der Waals surface area contributed by atoms with Crippen molar-refractivity contribution in [1.29, 1.82) is 0 Å². The second-order valence-corrected chi connectivity index (χ2v) is 11.4. The Morgan fingerprint density at radius 1 is 0.455 bits per heavy atom. The lowest BCUT2D eigenvalue weighted by atomic mass is 10.0. The number of benzene rings is 4. The third-order valence-electron chi connectivity index (χ3n) is 8.41. The minimum absolute atomic E-state index is 0.301. The Morgan fingerprint density at radius 3 is 1.34 bits per heavy atom. The van der Waals surface area contributed by atoms with Crippen LogP contribution < -0.4 is 11.3 Å². The van der Waals surface area contributed by atoms with Crippen LogP contribution in [0.1, 0.15) is 37.8 Å². The van der Waals surface area contributed by atoms with E-state index in [-0.39, 0.29) is 0 Å². The van der Waals surface area contributed by atoms with Crippen molar-refractivity contribution in [3.8, 4) is 22.6 Å². The van der Waals surface area contributed by atoms with Crippen molar-refractivity contribution in [3.05, 3.63) is 117 Å². The first-order chi connectivity index (χ1) is 21.5. The van der Waals surface area contributed by atoms with Crippen molar-refractivity contribution in [2.45, 2.75) is 39.5 Å². The molecular weight excluding hydrogens is 552 g/mol. The van der Waals surface area contributed by atoms with Gasteiger partial charge in [0, 0.05) is 22.9 Å². The Morgan fingerprint density at radius 2 is 0.909 bits per heavy atom. The van der Waals surface area contributed by atoms with Gasteiger partial charge in [0.2, 0.25) is 0 Å². The van der Waals surface area contributed by atoms with Gasteiger partial charge >= 0.3 is 11.3 Å². The smallest absolute Gasteiger partial charge is 0.347 e. The summed E-state index contributed by atoms with van der Waals surface area (Å²) >= 11 is 0. The average Bonchev–Trinajstić information content (AvgIpc) is 3.60. The number of furan rings is 2. The molecule has 0 radical (unpaired) electrons. The first-order valence-corrected chi connectivity index (χ1v) is 15.0. The molecule has 0 saturated heterocycles. The fourth-order valence-corrected chi connectivity index (χ4v) is 6.29. The van der Waals surface area contributed by atoms with Crippen LogP contribution in [0.3, 0.4) is 0 Å². The maximum Gasteiger partial charge on any atom is 0.347 e. The minimum Gasteiger partial charge on any atom is -0.452 e. The number of aryl methyl sites for hydroxylation is 2. The van der Waals surface area contributed by atoms with Crippen molar-refractivity contribution in [2.75, 3.05) is 0 Å². The molecule has 0 amide bonds. The molecule has 8 rings (SSSR count). The lowest BCUT2D eigenvalue weighted by Crippen LogP contribution is -2.02. The Balaban J connectivity index is 1.21. The zero-order chi connectivity index (χ0) is 29.9. The Kier molecular flexibility index (Phi) is 6.05. The summed E-state index contributed by atoms with van der Waals surface area (Å²) in [5, 5.41) is 5.84. The number of hydrogen-bond donors (Lipinski definition) is 0. The third-order valence-corrected chi connectivity index (χ3v) is 8.41. The second kappa shape index (κ2) is 10.1. The number of rotatable bonds is 6. The van der Waals surface area contributed by atoms with Gasteiger partial charge in [0.25, 0.3) is 0 Å². The standard InChI is InChI=1S/C38H28O6/c1-3-5-21-7-11-25-23(15-21)9-13-31-27(25)17-29(37(39)43-31)33-19-35-36(41-33)20-34(42-35)30-18-28-26-12-8-22(6-4-2)16-24(26)10-14-32(28)44-38(30)40/h7-20H,3-6H2,1-2H3. The van der Waals surface area contributed by atoms with E-state index in [1.165, 1.54) is 11.1 Å². The number of fused-ring (bicyclic) bond motifs is 7. The molecule has 4 aromatic heterocycles. The topological polar surface area (TPSA) is 86.7 Å². The predicted molar refractivity (Wildman–Crippen MR) is 174 cm³/mol. The van der Waals surface area contributed by atoms with E-state index >= 15 is 0 Å². The highest BCUT2D eigenvalue weighted by molar-refractivity contribution is 6.07. The molecule has 0 aliphatic heterocycles. The summed E-state index contributed by atoms with van der Waals surface area (Å²) in [6.07, 6.45) is 4.16. The molecule has 0 atom stereocenters. The van der Waals surface area contributed by atoms with Crippen molar-refractivity contribution < 1.29 is 17.7 Å². The first-order valence-electron chi connectivity index (χ1n) is 15.0. The van der Waals surface area contributed by atoms with Crippen molar-refractivity contribution >= 4 is 54.6 Å². The van der Waals surface area contributed by atoms with Gasteiger partial charge in [-0.15, -0.1) is 0 Å². The lowest BCUT2D eigenvalue weighted by molar-refractivity contribution is 0.555. The van der Waals surface area contributed by atoms with Crippen LogP contribution in [-0.4, -0.2) is 0 Å². The molecule has 0 spiro atoms. The van der Waals surface area contributed by atoms with Gasteiger partial charge < -0.3 is 17.7 Å². The SMILES string of the molecule is CCCc1ccc2c(ccc3oc(=O)c(-c4cc5oc(-c6cc7c(ccc8cc(CCC)ccc87)oc6=O)cc5o4)cc32)c1. The molecule has 0 aliphatic carbocycles. The van der Waals surface area contributed by atoms with Gasteiger partial charge in [-0.2, -0.15) is 0 Å². The highest BCUT2D eigenvalue weighted by atomic mass is 16.4. The van der Waals surface area contributed by atoms with Gasteiger partial charge in [-0.05, 0) is 69.8 Å². The third kappa shape index (κ3) is 4.25. The summed E-state index contributed by atoms with van der Waals surface area (Å²) in [5.74, 6) is 0.667. The van der Waals surface area contributed by atoms with E-state index in [1.807, 2.05) is 36.4 Å². The number of hydrogen-bond acceptors (Lipinski definition) is 6. The molecule has 4 heterocycles. The molecule has 216 valence electrons. The predicted octanol–water partition coefficient (Wildman–Crippen LogP) is 9.78. The molecule has 0 unspecified atom stereocenters. The monoisotopic (exact) mass is 580 g/mol. The Hall–Kier alpha value is -5.36. The van der Waals surface area contributed by atoms with Crippen LogP contribution >= 0.6 is 0 Å². The molecule has 8 aromatic rings. The van der Waals surface area contributed by atoms with Gasteiger partial charge in [-0.25, -0.2) is 9.59 Å². The fourth-order valence-electron chi connectivity index (χ4n) is 6.29. The van der Waals surface area contributed by atoms with Crippen molar-refractivity contribution in [2.24, 2.45) is 0 Å². The Labute approximate surface area is 251 Å². The van der Waals surface area contributed by atoms with Crippen LogP contribution in [-0.2, 0) is 12.8 Å². The molecule has 0 fully saturated rings. The maximum absolute atomic E-state index is 13.0. The molecular formula is C38H28O6. The van der Waals surface area contributed by atoms with Crippen LogP contribution in [0.15, 0.2) is 112 Å². The summed E-state index contributed by atoms with van der Waals surface area (Å²) in [7, 11) is 0. The molecule has 0 bridgehead atoms. The zero-order valence-electron chi connectivity index (χ0n) is 24.4. The molecule has 6 heteroatoms. The van der Waals surface area contributed by atoms with E-state index in [1.54, 1.807) is 12.1 Å². The lowest BCUT2D eigenvalue weighted by Gasteiger charge is -2.07. The summed E-state index contributed by atoms with van der Waals surface area (Å²) in [5.41, 5.74) is 4.01. The normalized spacial score (nSPS) is 12.0.